The highest BCUT2D eigenvalue weighted by molar-refractivity contribution is 6.17. The summed E-state index contributed by atoms with van der Waals surface area (Å²) in [5.74, 6) is -0.845. The van der Waals surface area contributed by atoms with E-state index in [4.69, 9.17) is 16.7 Å². The Morgan fingerprint density at radius 1 is 1.44 bits per heavy atom. The highest BCUT2D eigenvalue weighted by Gasteiger charge is 2.21. The van der Waals surface area contributed by atoms with E-state index in [-0.39, 0.29) is 18.4 Å². The fourth-order valence-corrected chi connectivity index (χ4v) is 1.52. The van der Waals surface area contributed by atoms with E-state index in [1.54, 1.807) is 11.9 Å². The van der Waals surface area contributed by atoms with Crippen molar-refractivity contribution in [3.63, 3.8) is 0 Å². The number of nitrogens with zero attached hydrogens (tertiary/aromatic N) is 1. The first kappa shape index (κ1) is 15.2. The van der Waals surface area contributed by atoms with Crippen LogP contribution in [-0.4, -0.2) is 35.1 Å². The molecule has 1 unspecified atom stereocenters. The van der Waals surface area contributed by atoms with Crippen LogP contribution >= 0.6 is 24.0 Å². The average Bonchev–Trinajstić information content (AvgIpc) is 2.26. The molecule has 0 aliphatic rings. The first-order valence-electron chi connectivity index (χ1n) is 4.68. The summed E-state index contributed by atoms with van der Waals surface area (Å²) in [4.78, 5) is 12.6. The molecule has 1 aromatic carbocycles. The number of carboxylic acid groups (broad SMARTS) is 1. The minimum absolute atomic E-state index is 0. The third-order valence-corrected chi connectivity index (χ3v) is 2.65. The van der Waals surface area contributed by atoms with Gasteiger partial charge in [-0.1, -0.05) is 30.3 Å². The summed E-state index contributed by atoms with van der Waals surface area (Å²) in [5, 5.41) is 9.04. The zero-order valence-corrected chi connectivity index (χ0v) is 10.5. The second kappa shape index (κ2) is 7.49. The molecular formula is C11H15Cl2NO2. The van der Waals surface area contributed by atoms with E-state index in [2.05, 4.69) is 0 Å². The molecule has 1 N–H and O–H groups in total. The minimum atomic E-state index is -0.845. The van der Waals surface area contributed by atoms with Gasteiger partial charge in [0.1, 0.15) is 6.04 Å². The van der Waals surface area contributed by atoms with Crippen molar-refractivity contribution in [2.24, 2.45) is 0 Å². The smallest absolute Gasteiger partial charge is 0.321 e. The molecule has 0 bridgehead atoms. The standard InChI is InChI=1S/C11H14ClNO2.ClH/c1-13(8-12)10(11(14)15)7-9-5-3-2-4-6-9;/h2-6,10H,7-8H2,1H3,(H,14,15);1H. The molecule has 16 heavy (non-hydrogen) atoms. The molecule has 0 amide bonds. The summed E-state index contributed by atoms with van der Waals surface area (Å²) < 4.78 is 0. The van der Waals surface area contributed by atoms with Crippen LogP contribution in [0.4, 0.5) is 0 Å². The van der Waals surface area contributed by atoms with Crippen molar-refractivity contribution in [2.75, 3.05) is 13.1 Å². The van der Waals surface area contributed by atoms with Crippen LogP contribution in [-0.2, 0) is 11.2 Å². The van der Waals surface area contributed by atoms with E-state index in [0.29, 0.717) is 6.42 Å². The zero-order chi connectivity index (χ0) is 11.3. The van der Waals surface area contributed by atoms with Gasteiger partial charge in [-0.25, -0.2) is 0 Å². The molecule has 0 heterocycles. The SMILES string of the molecule is CN(CCl)C(Cc1ccccc1)C(=O)O.Cl. The van der Waals surface area contributed by atoms with Gasteiger partial charge in [-0.05, 0) is 19.0 Å². The van der Waals surface area contributed by atoms with Gasteiger partial charge >= 0.3 is 5.97 Å². The van der Waals surface area contributed by atoms with Gasteiger partial charge in [0.05, 0.1) is 6.00 Å². The van der Waals surface area contributed by atoms with Gasteiger partial charge < -0.3 is 5.11 Å². The number of hydrogen-bond donors (Lipinski definition) is 1. The second-order valence-corrected chi connectivity index (χ2v) is 3.66. The Morgan fingerprint density at radius 2 is 2.00 bits per heavy atom. The van der Waals surface area contributed by atoms with Crippen LogP contribution in [0, 0.1) is 0 Å². The normalized spacial score (nSPS) is 11.9. The first-order valence-corrected chi connectivity index (χ1v) is 5.21. The fraction of sp³-hybridized carbons (Fsp3) is 0.364. The number of likely N-dealkylation sites (N-methyl/N-ethyl adjacent to an activating group) is 1. The summed E-state index contributed by atoms with van der Waals surface area (Å²) >= 11 is 5.62. The van der Waals surface area contributed by atoms with Crippen molar-refractivity contribution in [1.82, 2.24) is 4.90 Å². The Morgan fingerprint density at radius 3 is 2.44 bits per heavy atom. The molecule has 0 spiro atoms. The Bertz CT molecular complexity index is 319. The van der Waals surface area contributed by atoms with Gasteiger partial charge in [0.25, 0.3) is 0 Å². The maximum absolute atomic E-state index is 11.0. The summed E-state index contributed by atoms with van der Waals surface area (Å²) in [5.41, 5.74) is 1.00. The molecule has 1 atom stereocenters. The molecule has 0 aromatic heterocycles. The largest absolute Gasteiger partial charge is 0.480 e. The van der Waals surface area contributed by atoms with Crippen molar-refractivity contribution in [3.05, 3.63) is 35.9 Å². The van der Waals surface area contributed by atoms with Crippen molar-refractivity contribution in [3.8, 4) is 0 Å². The van der Waals surface area contributed by atoms with Gasteiger partial charge in [0, 0.05) is 0 Å². The predicted molar refractivity (Wildman–Crippen MR) is 67.3 cm³/mol. The molecule has 1 aromatic rings. The molecular weight excluding hydrogens is 249 g/mol. The van der Waals surface area contributed by atoms with Crippen molar-refractivity contribution in [1.29, 1.82) is 0 Å². The lowest BCUT2D eigenvalue weighted by Gasteiger charge is -2.21. The second-order valence-electron chi connectivity index (χ2n) is 3.42. The predicted octanol–water partition coefficient (Wildman–Crippen LogP) is 2.23. The van der Waals surface area contributed by atoms with Crippen molar-refractivity contribution in [2.45, 2.75) is 12.5 Å². The van der Waals surface area contributed by atoms with Gasteiger partial charge in [0.15, 0.2) is 0 Å². The monoisotopic (exact) mass is 263 g/mol. The number of rotatable bonds is 5. The maximum Gasteiger partial charge on any atom is 0.321 e. The summed E-state index contributed by atoms with van der Waals surface area (Å²) in [7, 11) is 1.70. The first-order chi connectivity index (χ1) is 7.15. The van der Waals surface area contributed by atoms with Crippen LogP contribution in [0.1, 0.15) is 5.56 Å². The highest BCUT2D eigenvalue weighted by Crippen LogP contribution is 2.08. The number of aliphatic carboxylic acids is 1. The van der Waals surface area contributed by atoms with Gasteiger partial charge in [-0.15, -0.1) is 24.0 Å². The van der Waals surface area contributed by atoms with E-state index in [1.165, 1.54) is 0 Å². The molecule has 0 radical (unpaired) electrons. The van der Waals surface area contributed by atoms with Crippen LogP contribution in [0.25, 0.3) is 0 Å². The quantitative estimate of drug-likeness (QED) is 0.655. The number of alkyl halides is 1. The van der Waals surface area contributed by atoms with Crippen molar-refractivity contribution < 1.29 is 9.90 Å². The van der Waals surface area contributed by atoms with Crippen LogP contribution in [0.5, 0.6) is 0 Å². The van der Waals surface area contributed by atoms with Gasteiger partial charge in [0.2, 0.25) is 0 Å². The van der Waals surface area contributed by atoms with Crippen LogP contribution in [0.15, 0.2) is 30.3 Å². The summed E-state index contributed by atoms with van der Waals surface area (Å²) in [6.45, 7) is 0. The van der Waals surface area contributed by atoms with Crippen LogP contribution < -0.4 is 0 Å². The molecule has 5 heteroatoms. The fourth-order valence-electron chi connectivity index (χ4n) is 1.35. The molecule has 0 fully saturated rings. The lowest BCUT2D eigenvalue weighted by Crippen LogP contribution is -2.39. The van der Waals surface area contributed by atoms with E-state index in [1.807, 2.05) is 30.3 Å². The lowest BCUT2D eigenvalue weighted by molar-refractivity contribution is -0.142. The third-order valence-electron chi connectivity index (χ3n) is 2.28. The number of halogens is 2. The Kier molecular flexibility index (Phi) is 7.13. The summed E-state index contributed by atoms with van der Waals surface area (Å²) in [6.07, 6.45) is 0.472. The molecule has 0 aliphatic heterocycles. The van der Waals surface area contributed by atoms with Crippen molar-refractivity contribution >= 4 is 30.0 Å². The Hall–Kier alpha value is -0.770. The molecule has 0 aliphatic carbocycles. The molecule has 0 saturated carbocycles. The topological polar surface area (TPSA) is 40.5 Å². The van der Waals surface area contributed by atoms with Crippen LogP contribution in [0.2, 0.25) is 0 Å². The van der Waals surface area contributed by atoms with E-state index < -0.39 is 12.0 Å². The Balaban J connectivity index is 0.00000225. The third kappa shape index (κ3) is 4.39. The number of hydrogen-bond acceptors (Lipinski definition) is 2. The zero-order valence-electron chi connectivity index (χ0n) is 8.97. The van der Waals surface area contributed by atoms with Crippen LogP contribution in [0.3, 0.4) is 0 Å². The number of carboxylic acids is 1. The Labute approximate surface area is 106 Å². The van der Waals surface area contributed by atoms with E-state index >= 15 is 0 Å². The highest BCUT2D eigenvalue weighted by atomic mass is 35.5. The number of carbonyl (C=O) groups is 1. The maximum atomic E-state index is 11.0. The average molecular weight is 264 g/mol. The minimum Gasteiger partial charge on any atom is -0.480 e. The molecule has 1 rings (SSSR count). The molecule has 90 valence electrons. The van der Waals surface area contributed by atoms with E-state index in [9.17, 15) is 4.79 Å². The lowest BCUT2D eigenvalue weighted by atomic mass is 10.1. The van der Waals surface area contributed by atoms with Gasteiger partial charge in [-0.2, -0.15) is 0 Å². The summed E-state index contributed by atoms with van der Waals surface area (Å²) in [6, 6.07) is 9.18. The van der Waals surface area contributed by atoms with Gasteiger partial charge in [-0.3, -0.25) is 9.69 Å². The number of benzene rings is 1. The van der Waals surface area contributed by atoms with E-state index in [0.717, 1.165) is 5.56 Å². The molecule has 0 saturated heterocycles. The molecule has 3 nitrogen and oxygen atoms in total.